The molecule has 0 aromatic heterocycles. The number of nitrogen functional groups attached to an aromatic ring is 1. The smallest absolute Gasteiger partial charge is 0.499 e. The number of rotatable bonds is 4. The zero-order valence-corrected chi connectivity index (χ0v) is 23.4. The number of nitrogens with two attached hydrogens (primary N) is 1. The topological polar surface area (TPSA) is 53.7 Å². The van der Waals surface area contributed by atoms with Gasteiger partial charge in [0.05, 0.1) is 11.2 Å². The zero-order chi connectivity index (χ0) is 26.0. The maximum atomic E-state index is 13.9. The van der Waals surface area contributed by atoms with Crippen LogP contribution in [0.4, 0.5) is 10.1 Å². The molecule has 0 spiro atoms. The van der Waals surface area contributed by atoms with Gasteiger partial charge in [0.1, 0.15) is 11.6 Å². The molecule has 1 heterocycles. The second-order valence-electron chi connectivity index (χ2n) is 12.0. The summed E-state index contributed by atoms with van der Waals surface area (Å²) >= 11 is 0. The van der Waals surface area contributed by atoms with Gasteiger partial charge in [-0.3, -0.25) is 0 Å². The highest BCUT2D eigenvalue weighted by molar-refractivity contribution is 6.75. The number of hydrogen-bond acceptors (Lipinski definition) is 4. The van der Waals surface area contributed by atoms with Crippen molar-refractivity contribution in [3.8, 4) is 16.9 Å². The van der Waals surface area contributed by atoms with Crippen LogP contribution in [0.25, 0.3) is 21.9 Å². The molecule has 2 N–H and O–H groups in total. The van der Waals surface area contributed by atoms with Crippen LogP contribution in [-0.4, -0.2) is 26.6 Å². The zero-order valence-electron chi connectivity index (χ0n) is 22.4. The molecule has 1 aliphatic rings. The van der Waals surface area contributed by atoms with E-state index in [-0.39, 0.29) is 10.9 Å². The summed E-state index contributed by atoms with van der Waals surface area (Å²) in [5, 5.41) is 1.78. The van der Waals surface area contributed by atoms with E-state index in [4.69, 9.17) is 19.5 Å². The average molecular weight is 494 g/mol. The number of anilines is 1. The summed E-state index contributed by atoms with van der Waals surface area (Å²) in [6, 6.07) is 14.4. The van der Waals surface area contributed by atoms with Gasteiger partial charge in [0.25, 0.3) is 0 Å². The molecule has 4 rings (SSSR count). The molecule has 186 valence electrons. The van der Waals surface area contributed by atoms with Crippen molar-refractivity contribution < 1.29 is 18.1 Å². The lowest BCUT2D eigenvalue weighted by atomic mass is 9.72. The van der Waals surface area contributed by atoms with Crippen molar-refractivity contribution in [2.75, 3.05) is 5.73 Å². The number of hydrogen-bond donors (Lipinski definition) is 1. The fourth-order valence-corrected chi connectivity index (χ4v) is 5.12. The molecular formula is C28H37BFNO3Si. The molecule has 0 unspecified atom stereocenters. The molecule has 3 aromatic carbocycles. The van der Waals surface area contributed by atoms with E-state index in [0.29, 0.717) is 5.69 Å². The minimum atomic E-state index is -2.28. The lowest BCUT2D eigenvalue weighted by Gasteiger charge is -2.38. The van der Waals surface area contributed by atoms with E-state index in [0.717, 1.165) is 33.1 Å². The van der Waals surface area contributed by atoms with Crippen LogP contribution in [-0.2, 0) is 9.31 Å². The van der Waals surface area contributed by atoms with Crippen molar-refractivity contribution in [2.45, 2.75) is 77.8 Å². The highest BCUT2D eigenvalue weighted by Crippen LogP contribution is 2.45. The summed E-state index contributed by atoms with van der Waals surface area (Å²) in [7, 11) is -2.98. The monoisotopic (exact) mass is 493 g/mol. The molecule has 3 aromatic rings. The summed E-state index contributed by atoms with van der Waals surface area (Å²) in [5.41, 5.74) is 8.67. The van der Waals surface area contributed by atoms with E-state index >= 15 is 0 Å². The second kappa shape index (κ2) is 8.36. The van der Waals surface area contributed by atoms with Crippen LogP contribution in [0.3, 0.4) is 0 Å². The van der Waals surface area contributed by atoms with Crippen LogP contribution in [0.15, 0.2) is 48.5 Å². The predicted molar refractivity (Wildman–Crippen MR) is 147 cm³/mol. The summed E-state index contributed by atoms with van der Waals surface area (Å²) in [6.07, 6.45) is 0. The predicted octanol–water partition coefficient (Wildman–Crippen LogP) is 6.91. The minimum Gasteiger partial charge on any atom is -0.543 e. The Hall–Kier alpha value is -2.35. The van der Waals surface area contributed by atoms with Gasteiger partial charge < -0.3 is 19.5 Å². The first kappa shape index (κ1) is 25.7. The Morgan fingerprint density at radius 2 is 1.40 bits per heavy atom. The highest BCUT2D eigenvalue weighted by Gasteiger charge is 2.54. The lowest BCUT2D eigenvalue weighted by Crippen LogP contribution is -2.47. The standard InChI is InChI=1S/C28H37BFNO3Si/c1-26(2,3)35(8,9)32-25-21-13-11-10-12-20(21)24(31)22(18-14-16-19(30)17-15-18)23(25)29-33-27(4,5)28(6,7)34-29/h10-17H,31H2,1-9H3. The third-order valence-electron chi connectivity index (χ3n) is 8.03. The van der Waals surface area contributed by atoms with E-state index in [9.17, 15) is 4.39 Å². The maximum Gasteiger partial charge on any atom is 0.499 e. The molecule has 0 amide bonds. The number of fused-ring (bicyclic) bond motifs is 1. The van der Waals surface area contributed by atoms with E-state index in [1.807, 2.05) is 52.0 Å². The van der Waals surface area contributed by atoms with Crippen LogP contribution in [0.2, 0.25) is 18.1 Å². The molecular weight excluding hydrogens is 456 g/mol. The van der Waals surface area contributed by atoms with Crippen LogP contribution >= 0.6 is 0 Å². The SMILES string of the molecule is CC1(C)OB(c2c(-c3ccc(F)cc3)c(N)c3ccccc3c2O[Si](C)(C)C(C)(C)C)OC1(C)C. The Bertz CT molecular complexity index is 1250. The average Bonchev–Trinajstić information content (AvgIpc) is 2.96. The van der Waals surface area contributed by atoms with Gasteiger partial charge >= 0.3 is 7.12 Å². The quantitative estimate of drug-likeness (QED) is 0.317. The summed E-state index contributed by atoms with van der Waals surface area (Å²) in [5.74, 6) is 0.433. The van der Waals surface area contributed by atoms with Gasteiger partial charge in [0.15, 0.2) is 0 Å². The van der Waals surface area contributed by atoms with Crippen molar-refractivity contribution in [2.24, 2.45) is 0 Å². The number of benzene rings is 3. The molecule has 7 heteroatoms. The largest absolute Gasteiger partial charge is 0.543 e. The first-order valence-corrected chi connectivity index (χ1v) is 15.1. The first-order chi connectivity index (χ1) is 16.1. The van der Waals surface area contributed by atoms with Crippen molar-refractivity contribution in [3.63, 3.8) is 0 Å². The van der Waals surface area contributed by atoms with E-state index in [1.54, 1.807) is 12.1 Å². The molecule has 0 atom stereocenters. The molecule has 4 nitrogen and oxygen atoms in total. The summed E-state index contributed by atoms with van der Waals surface area (Å²) < 4.78 is 34.1. The molecule has 0 saturated carbocycles. The van der Waals surface area contributed by atoms with Gasteiger partial charge in [-0.15, -0.1) is 0 Å². The molecule has 0 aliphatic carbocycles. The van der Waals surface area contributed by atoms with E-state index < -0.39 is 26.6 Å². The van der Waals surface area contributed by atoms with Gasteiger partial charge in [-0.25, -0.2) is 4.39 Å². The molecule has 1 aliphatic heterocycles. The lowest BCUT2D eigenvalue weighted by molar-refractivity contribution is 0.00578. The summed E-state index contributed by atoms with van der Waals surface area (Å²) in [4.78, 5) is 0. The van der Waals surface area contributed by atoms with E-state index in [1.165, 1.54) is 12.1 Å². The third-order valence-corrected chi connectivity index (χ3v) is 12.4. The number of halogens is 1. The van der Waals surface area contributed by atoms with Gasteiger partial charge in [-0.2, -0.15) is 0 Å². The van der Waals surface area contributed by atoms with Crippen molar-refractivity contribution in [3.05, 3.63) is 54.3 Å². The Labute approximate surface area is 210 Å². The van der Waals surface area contributed by atoms with Crippen molar-refractivity contribution >= 4 is 37.4 Å². The van der Waals surface area contributed by atoms with Crippen LogP contribution in [0.5, 0.6) is 5.75 Å². The van der Waals surface area contributed by atoms with Crippen molar-refractivity contribution in [1.29, 1.82) is 0 Å². The van der Waals surface area contributed by atoms with Gasteiger partial charge in [-0.05, 0) is 63.5 Å². The fraction of sp³-hybridized carbons (Fsp3) is 0.429. The second-order valence-corrected chi connectivity index (χ2v) is 16.8. The normalized spacial score (nSPS) is 17.7. The third kappa shape index (κ3) is 4.39. The first-order valence-electron chi connectivity index (χ1n) is 12.2. The maximum absolute atomic E-state index is 13.9. The molecule has 0 radical (unpaired) electrons. The van der Waals surface area contributed by atoms with E-state index in [2.05, 4.69) is 33.9 Å². The van der Waals surface area contributed by atoms with Gasteiger partial charge in [0, 0.05) is 27.5 Å². The van der Waals surface area contributed by atoms with Crippen LogP contribution in [0, 0.1) is 5.82 Å². The fourth-order valence-electron chi connectivity index (χ4n) is 4.09. The molecule has 1 saturated heterocycles. The minimum absolute atomic E-state index is 0.0290. The van der Waals surface area contributed by atoms with Crippen molar-refractivity contribution in [1.82, 2.24) is 0 Å². The van der Waals surface area contributed by atoms with Gasteiger partial charge in [-0.1, -0.05) is 57.2 Å². The Kier molecular flexibility index (Phi) is 6.15. The van der Waals surface area contributed by atoms with Gasteiger partial charge in [0.2, 0.25) is 8.32 Å². The molecule has 0 bridgehead atoms. The Morgan fingerprint density at radius 3 is 1.91 bits per heavy atom. The molecule has 35 heavy (non-hydrogen) atoms. The van der Waals surface area contributed by atoms with Crippen LogP contribution < -0.4 is 15.6 Å². The molecule has 1 fully saturated rings. The highest BCUT2D eigenvalue weighted by atomic mass is 28.4. The van der Waals surface area contributed by atoms with Crippen LogP contribution in [0.1, 0.15) is 48.5 Å². The summed E-state index contributed by atoms with van der Waals surface area (Å²) in [6.45, 7) is 19.2. The Balaban J connectivity index is 2.10. The Morgan fingerprint density at radius 1 is 0.886 bits per heavy atom.